The van der Waals surface area contributed by atoms with Crippen LogP contribution >= 0.6 is 11.8 Å². The van der Waals surface area contributed by atoms with Crippen LogP contribution in [-0.2, 0) is 4.79 Å². The highest BCUT2D eigenvalue weighted by molar-refractivity contribution is 8.18. The van der Waals surface area contributed by atoms with Gasteiger partial charge >= 0.3 is 0 Å². The summed E-state index contributed by atoms with van der Waals surface area (Å²) in [5, 5.41) is 1.89. The van der Waals surface area contributed by atoms with Crippen molar-refractivity contribution < 1.29 is 19.1 Å². The van der Waals surface area contributed by atoms with Crippen LogP contribution in [0.15, 0.2) is 71.6 Å². The van der Waals surface area contributed by atoms with Gasteiger partial charge in [0.2, 0.25) is 0 Å². The second-order valence-corrected chi connectivity index (χ2v) is 8.25. The first kappa shape index (κ1) is 20.7. The number of carbonyl (C=O) groups is 2. The second-order valence-electron chi connectivity index (χ2n) is 7.24. The number of fused-ring (bicyclic) bond motifs is 2. The lowest BCUT2D eigenvalue weighted by atomic mass is 10.1. The van der Waals surface area contributed by atoms with Crippen LogP contribution in [-0.4, -0.2) is 24.8 Å². The number of para-hydroxylation sites is 4. The minimum Gasteiger partial charge on any atom is -0.495 e. The number of benzene rings is 3. The molecule has 5 rings (SSSR count). The first-order valence-corrected chi connectivity index (χ1v) is 11.0. The Bertz CT molecular complexity index is 1320. The number of nitrogens with zero attached hydrogens (tertiary/aromatic N) is 1. The highest BCUT2D eigenvalue weighted by Gasteiger charge is 2.25. The second kappa shape index (κ2) is 8.77. The van der Waals surface area contributed by atoms with Crippen molar-refractivity contribution in [1.29, 1.82) is 0 Å². The molecule has 0 saturated carbocycles. The van der Waals surface area contributed by atoms with E-state index in [0.717, 1.165) is 40.2 Å². The van der Waals surface area contributed by atoms with E-state index in [-0.39, 0.29) is 5.24 Å². The molecule has 1 N–H and O–H groups in total. The number of amides is 2. The molecule has 0 atom stereocenters. The van der Waals surface area contributed by atoms with E-state index in [1.54, 1.807) is 19.3 Å². The summed E-state index contributed by atoms with van der Waals surface area (Å²) in [4.78, 5) is 25.7. The number of nitrogens with one attached hydrogen (secondary N) is 1. The molecular weight excluding hydrogens is 436 g/mol. The highest BCUT2D eigenvalue weighted by Crippen LogP contribution is 2.45. The molecule has 0 spiro atoms. The number of ether oxygens (including phenoxy) is 2. The zero-order valence-corrected chi connectivity index (χ0v) is 18.4. The number of thioether (sulfide) groups is 1. The van der Waals surface area contributed by atoms with Gasteiger partial charge in [-0.1, -0.05) is 42.2 Å². The molecule has 2 amide bonds. The molecule has 0 unspecified atom stereocenters. The number of rotatable bonds is 3. The molecule has 162 valence electrons. The first-order valence-electron chi connectivity index (χ1n) is 10.2. The lowest BCUT2D eigenvalue weighted by Crippen LogP contribution is -2.21. The van der Waals surface area contributed by atoms with Crippen molar-refractivity contribution >= 4 is 40.4 Å². The van der Waals surface area contributed by atoms with Crippen LogP contribution < -0.4 is 19.7 Å². The van der Waals surface area contributed by atoms with Crippen LogP contribution in [0.1, 0.15) is 11.1 Å². The van der Waals surface area contributed by atoms with Crippen LogP contribution in [0.3, 0.4) is 0 Å². The summed E-state index contributed by atoms with van der Waals surface area (Å²) in [6.07, 6.45) is 1.67. The van der Waals surface area contributed by atoms with Crippen molar-refractivity contribution in [2.24, 2.45) is 0 Å². The number of anilines is 2. The molecule has 0 aliphatic carbocycles. The van der Waals surface area contributed by atoms with E-state index in [0.29, 0.717) is 22.8 Å². The van der Waals surface area contributed by atoms with Crippen LogP contribution in [0.25, 0.3) is 6.08 Å². The predicted molar refractivity (Wildman–Crippen MR) is 129 cm³/mol. The molecule has 3 aromatic rings. The molecule has 0 radical (unpaired) electrons. The third kappa shape index (κ3) is 4.16. The fourth-order valence-corrected chi connectivity index (χ4v) is 4.33. The molecule has 2 heterocycles. The lowest BCUT2D eigenvalue weighted by Gasteiger charge is -2.31. The average Bonchev–Trinajstić information content (AvgIpc) is 3.15. The third-order valence-corrected chi connectivity index (χ3v) is 5.97. The number of carbonyl (C=O) groups excluding carboxylic acids is 2. The zero-order valence-electron chi connectivity index (χ0n) is 17.6. The summed E-state index contributed by atoms with van der Waals surface area (Å²) >= 11 is 0.884. The standard InChI is InChI=1S/C26H18N2O4S/c1-31-21-13-12-17(16-24-25(29)27-26(30)33-24)15-18(21)7-6-14-28-19-8-2-4-10-22(19)32-23-11-5-3-9-20(23)28/h2-5,8-13,15-16H,14H2,1H3,(H,27,29,30)/b24-16-. The van der Waals surface area contributed by atoms with E-state index in [4.69, 9.17) is 9.47 Å². The maximum Gasteiger partial charge on any atom is 0.290 e. The summed E-state index contributed by atoms with van der Waals surface area (Å²) < 4.78 is 11.5. The highest BCUT2D eigenvalue weighted by atomic mass is 32.2. The van der Waals surface area contributed by atoms with Crippen molar-refractivity contribution in [2.45, 2.75) is 0 Å². The lowest BCUT2D eigenvalue weighted by molar-refractivity contribution is -0.115. The largest absolute Gasteiger partial charge is 0.495 e. The van der Waals surface area contributed by atoms with Crippen molar-refractivity contribution in [3.8, 4) is 29.1 Å². The number of methoxy groups -OCH3 is 1. The van der Waals surface area contributed by atoms with Gasteiger partial charge in [0.25, 0.3) is 11.1 Å². The van der Waals surface area contributed by atoms with Crippen LogP contribution in [0.2, 0.25) is 0 Å². The molecule has 2 aliphatic rings. The summed E-state index contributed by atoms with van der Waals surface area (Å²) in [5.41, 5.74) is 3.35. The van der Waals surface area contributed by atoms with Crippen LogP contribution in [0.5, 0.6) is 17.2 Å². The molecule has 0 bridgehead atoms. The van der Waals surface area contributed by atoms with Gasteiger partial charge in [0, 0.05) is 0 Å². The quantitative estimate of drug-likeness (QED) is 0.427. The predicted octanol–water partition coefficient (Wildman–Crippen LogP) is 5.31. The van der Waals surface area contributed by atoms with Crippen LogP contribution in [0.4, 0.5) is 16.2 Å². The Balaban J connectivity index is 1.46. The van der Waals surface area contributed by atoms with Gasteiger partial charge in [-0.05, 0) is 59.8 Å². The van der Waals surface area contributed by atoms with Gasteiger partial charge in [0.05, 0.1) is 35.5 Å². The Labute approximate surface area is 195 Å². The van der Waals surface area contributed by atoms with Crippen molar-refractivity contribution in [3.63, 3.8) is 0 Å². The normalized spacial score (nSPS) is 15.2. The Kier molecular flexibility index (Phi) is 5.51. The van der Waals surface area contributed by atoms with Crippen molar-refractivity contribution in [2.75, 3.05) is 18.6 Å². The molecule has 1 saturated heterocycles. The van der Waals surface area contributed by atoms with E-state index in [1.165, 1.54) is 0 Å². The Morgan fingerprint density at radius 3 is 2.36 bits per heavy atom. The van der Waals surface area contributed by atoms with Crippen molar-refractivity contribution in [1.82, 2.24) is 5.32 Å². The topological polar surface area (TPSA) is 67.9 Å². The third-order valence-electron chi connectivity index (χ3n) is 5.16. The molecule has 7 heteroatoms. The molecular formula is C26H18N2O4S. The Hall–Kier alpha value is -4.15. The molecule has 2 aliphatic heterocycles. The van der Waals surface area contributed by atoms with Crippen molar-refractivity contribution in [3.05, 3.63) is 82.8 Å². The summed E-state index contributed by atoms with van der Waals surface area (Å²) in [5.74, 6) is 8.25. The number of hydrogen-bond donors (Lipinski definition) is 1. The average molecular weight is 455 g/mol. The van der Waals surface area contributed by atoms with Gasteiger partial charge in [-0.15, -0.1) is 0 Å². The monoisotopic (exact) mass is 454 g/mol. The van der Waals surface area contributed by atoms with Gasteiger partial charge in [0.1, 0.15) is 5.75 Å². The smallest absolute Gasteiger partial charge is 0.290 e. The number of imide groups is 1. The van der Waals surface area contributed by atoms with Gasteiger partial charge < -0.3 is 14.4 Å². The first-order chi connectivity index (χ1) is 16.1. The van der Waals surface area contributed by atoms with E-state index in [2.05, 4.69) is 22.1 Å². The molecule has 3 aromatic carbocycles. The van der Waals surface area contributed by atoms with Gasteiger partial charge in [-0.2, -0.15) is 0 Å². The molecule has 1 fully saturated rings. The van der Waals surface area contributed by atoms with E-state index in [1.807, 2.05) is 60.7 Å². The van der Waals surface area contributed by atoms with Gasteiger partial charge in [-0.3, -0.25) is 14.9 Å². The fraction of sp³-hybridized carbons (Fsp3) is 0.0769. The van der Waals surface area contributed by atoms with E-state index < -0.39 is 5.91 Å². The molecule has 33 heavy (non-hydrogen) atoms. The van der Waals surface area contributed by atoms with Gasteiger partial charge in [0.15, 0.2) is 11.5 Å². The minimum absolute atomic E-state index is 0.352. The van der Waals surface area contributed by atoms with Crippen LogP contribution in [0, 0.1) is 11.8 Å². The number of hydrogen-bond acceptors (Lipinski definition) is 6. The van der Waals surface area contributed by atoms with Gasteiger partial charge in [-0.25, -0.2) is 0 Å². The van der Waals surface area contributed by atoms with E-state index >= 15 is 0 Å². The minimum atomic E-state index is -0.391. The SMILES string of the molecule is COc1ccc(/C=C2\SC(=O)NC2=O)cc1C#CCN1c2ccccc2Oc2ccccc21. The molecule has 0 aromatic heterocycles. The zero-order chi connectivity index (χ0) is 22.8. The Morgan fingerprint density at radius 2 is 1.73 bits per heavy atom. The maximum absolute atomic E-state index is 11.9. The summed E-state index contributed by atoms with van der Waals surface area (Å²) in [6, 6.07) is 21.2. The fourth-order valence-electron chi connectivity index (χ4n) is 3.65. The maximum atomic E-state index is 11.9. The molecule has 6 nitrogen and oxygen atoms in total. The van der Waals surface area contributed by atoms with E-state index in [9.17, 15) is 9.59 Å². The Morgan fingerprint density at radius 1 is 1.03 bits per heavy atom. The summed E-state index contributed by atoms with van der Waals surface area (Å²) in [7, 11) is 1.59. The summed E-state index contributed by atoms with van der Waals surface area (Å²) in [6.45, 7) is 0.443.